The third kappa shape index (κ3) is 3.83. The largest absolute Gasteiger partial charge is 0.497 e. The van der Waals surface area contributed by atoms with E-state index in [0.29, 0.717) is 30.0 Å². The number of nitrogens with zero attached hydrogens (tertiary/aromatic N) is 1. The van der Waals surface area contributed by atoms with Crippen LogP contribution in [0.15, 0.2) is 51.7 Å². The number of aryl methyl sites for hydroxylation is 1. The average molecular weight is 393 g/mol. The number of likely N-dealkylation sites (tertiary alicyclic amines) is 1. The Morgan fingerprint density at radius 3 is 2.38 bits per heavy atom. The normalized spacial score (nSPS) is 14.1. The first-order valence-corrected chi connectivity index (χ1v) is 9.75. The molecule has 29 heavy (non-hydrogen) atoms. The molecule has 1 amide bonds. The van der Waals surface area contributed by atoms with Crippen molar-refractivity contribution >= 4 is 17.1 Å². The fraction of sp³-hybridized carbons (Fsp3) is 0.304. The zero-order valence-corrected chi connectivity index (χ0v) is 16.6. The molecular weight excluding hydrogens is 370 g/mol. The van der Waals surface area contributed by atoms with Crippen molar-refractivity contribution in [3.63, 3.8) is 0 Å². The minimum absolute atomic E-state index is 0.363. The molecule has 1 aliphatic rings. The van der Waals surface area contributed by atoms with Gasteiger partial charge in [-0.3, -0.25) is 0 Å². The van der Waals surface area contributed by atoms with Crippen LogP contribution in [0.1, 0.15) is 24.8 Å². The van der Waals surface area contributed by atoms with Crippen molar-refractivity contribution in [1.29, 1.82) is 0 Å². The van der Waals surface area contributed by atoms with E-state index in [1.807, 2.05) is 37.3 Å². The summed E-state index contributed by atoms with van der Waals surface area (Å²) in [7, 11) is 1.60. The molecule has 6 heteroatoms. The second kappa shape index (κ2) is 7.99. The highest BCUT2D eigenvalue weighted by Gasteiger charge is 2.19. The van der Waals surface area contributed by atoms with Crippen LogP contribution in [0, 0.1) is 6.92 Å². The summed E-state index contributed by atoms with van der Waals surface area (Å²) in [6.07, 6.45) is 2.77. The minimum Gasteiger partial charge on any atom is -0.497 e. The number of fused-ring (bicyclic) bond motifs is 1. The number of ether oxygens (including phenoxy) is 2. The second-order valence-corrected chi connectivity index (χ2v) is 7.19. The van der Waals surface area contributed by atoms with Crippen LogP contribution in [0.5, 0.6) is 11.5 Å². The zero-order chi connectivity index (χ0) is 20.4. The number of carbonyl (C=O) groups excluding carboxylic acids is 1. The predicted octanol–water partition coefficient (Wildman–Crippen LogP) is 4.76. The van der Waals surface area contributed by atoms with Crippen molar-refractivity contribution in [2.45, 2.75) is 26.2 Å². The van der Waals surface area contributed by atoms with Crippen LogP contribution in [0.3, 0.4) is 0 Å². The molecule has 0 bridgehead atoms. The molecule has 4 rings (SSSR count). The monoisotopic (exact) mass is 393 g/mol. The Hall–Kier alpha value is -3.28. The van der Waals surface area contributed by atoms with Crippen molar-refractivity contribution in [3.05, 3.63) is 58.4 Å². The van der Waals surface area contributed by atoms with Crippen molar-refractivity contribution in [2.24, 2.45) is 0 Å². The quantitative estimate of drug-likeness (QED) is 0.600. The lowest BCUT2D eigenvalue weighted by Crippen LogP contribution is -2.37. The third-order valence-corrected chi connectivity index (χ3v) is 5.34. The number of piperidine rings is 1. The molecule has 6 nitrogen and oxygen atoms in total. The van der Waals surface area contributed by atoms with E-state index in [1.165, 1.54) is 0 Å². The number of rotatable bonds is 3. The molecular formula is C23H23NO5. The summed E-state index contributed by atoms with van der Waals surface area (Å²) < 4.78 is 16.2. The molecule has 0 radical (unpaired) electrons. The van der Waals surface area contributed by atoms with Crippen LogP contribution < -0.4 is 15.1 Å². The summed E-state index contributed by atoms with van der Waals surface area (Å²) in [4.78, 5) is 26.7. The molecule has 0 saturated carbocycles. The average Bonchev–Trinajstić information content (AvgIpc) is 2.74. The van der Waals surface area contributed by atoms with Crippen molar-refractivity contribution < 1.29 is 18.7 Å². The van der Waals surface area contributed by atoms with E-state index < -0.39 is 5.63 Å². The molecule has 0 N–H and O–H groups in total. The van der Waals surface area contributed by atoms with Gasteiger partial charge in [-0.1, -0.05) is 12.1 Å². The Labute approximate surface area is 168 Å². The van der Waals surface area contributed by atoms with Crippen molar-refractivity contribution in [3.8, 4) is 22.6 Å². The van der Waals surface area contributed by atoms with Gasteiger partial charge in [-0.15, -0.1) is 0 Å². The number of benzene rings is 2. The van der Waals surface area contributed by atoms with E-state index in [0.717, 1.165) is 41.5 Å². The molecule has 0 atom stereocenters. The first-order valence-electron chi connectivity index (χ1n) is 9.75. The fourth-order valence-corrected chi connectivity index (χ4v) is 3.73. The Kier molecular flexibility index (Phi) is 5.25. The highest BCUT2D eigenvalue weighted by molar-refractivity contribution is 5.88. The van der Waals surface area contributed by atoms with Gasteiger partial charge in [0.15, 0.2) is 0 Å². The minimum atomic E-state index is -0.431. The Morgan fingerprint density at radius 1 is 1.00 bits per heavy atom. The lowest BCUT2D eigenvalue weighted by Gasteiger charge is -2.25. The topological polar surface area (TPSA) is 69.0 Å². The molecule has 0 aliphatic carbocycles. The Morgan fingerprint density at radius 2 is 1.69 bits per heavy atom. The summed E-state index contributed by atoms with van der Waals surface area (Å²) in [6.45, 7) is 3.32. The van der Waals surface area contributed by atoms with Crippen LogP contribution in [-0.4, -0.2) is 31.2 Å². The van der Waals surface area contributed by atoms with Crippen LogP contribution >= 0.6 is 0 Å². The molecule has 0 spiro atoms. The number of hydrogen-bond acceptors (Lipinski definition) is 5. The van der Waals surface area contributed by atoms with Gasteiger partial charge in [-0.2, -0.15) is 0 Å². The number of carbonyl (C=O) groups is 1. The maximum absolute atomic E-state index is 12.7. The second-order valence-electron chi connectivity index (χ2n) is 7.19. The van der Waals surface area contributed by atoms with E-state index in [9.17, 15) is 9.59 Å². The SMILES string of the molecule is COc1ccc(-c2c(C)c3ccc(OC(=O)N4CCCCC4)cc3oc2=O)cc1. The van der Waals surface area contributed by atoms with E-state index in [2.05, 4.69) is 0 Å². The highest BCUT2D eigenvalue weighted by atomic mass is 16.6. The van der Waals surface area contributed by atoms with E-state index >= 15 is 0 Å². The van der Waals surface area contributed by atoms with Crippen LogP contribution in [0.4, 0.5) is 4.79 Å². The molecule has 1 saturated heterocycles. The van der Waals surface area contributed by atoms with Gasteiger partial charge >= 0.3 is 11.7 Å². The zero-order valence-electron chi connectivity index (χ0n) is 16.6. The summed E-state index contributed by atoms with van der Waals surface area (Å²) in [5, 5.41) is 0.799. The van der Waals surface area contributed by atoms with Crippen molar-refractivity contribution in [1.82, 2.24) is 4.90 Å². The van der Waals surface area contributed by atoms with Crippen LogP contribution in [0.25, 0.3) is 22.1 Å². The summed E-state index contributed by atoms with van der Waals surface area (Å²) >= 11 is 0. The first-order chi connectivity index (χ1) is 14.1. The van der Waals surface area contributed by atoms with Gasteiger partial charge in [-0.05, 0) is 61.6 Å². The number of amides is 1. The lowest BCUT2D eigenvalue weighted by atomic mass is 9.99. The van der Waals surface area contributed by atoms with E-state index in [1.54, 1.807) is 24.1 Å². The number of methoxy groups -OCH3 is 1. The smallest absolute Gasteiger partial charge is 0.415 e. The van der Waals surface area contributed by atoms with Gasteiger partial charge in [0.05, 0.1) is 12.7 Å². The molecule has 1 aromatic heterocycles. The first kappa shape index (κ1) is 19.1. The fourth-order valence-electron chi connectivity index (χ4n) is 3.73. The Bertz CT molecular complexity index is 1090. The standard InChI is InChI=1S/C23H23NO5/c1-15-19-11-10-18(28-23(26)24-12-4-3-5-13-24)14-20(19)29-22(25)21(15)16-6-8-17(27-2)9-7-16/h6-11,14H,3-5,12-13H2,1-2H3. The molecule has 1 fully saturated rings. The summed E-state index contributed by atoms with van der Waals surface area (Å²) in [5.74, 6) is 1.09. The molecule has 150 valence electrons. The van der Waals surface area contributed by atoms with E-state index in [4.69, 9.17) is 13.9 Å². The Balaban J connectivity index is 1.66. The van der Waals surface area contributed by atoms with Gasteiger partial charge in [0.2, 0.25) is 0 Å². The van der Waals surface area contributed by atoms with Gasteiger partial charge < -0.3 is 18.8 Å². The van der Waals surface area contributed by atoms with Gasteiger partial charge in [0, 0.05) is 24.5 Å². The molecule has 0 unspecified atom stereocenters. The van der Waals surface area contributed by atoms with Gasteiger partial charge in [0.1, 0.15) is 17.1 Å². The summed E-state index contributed by atoms with van der Waals surface area (Å²) in [5.41, 5.74) is 2.06. The predicted molar refractivity (Wildman–Crippen MR) is 111 cm³/mol. The highest BCUT2D eigenvalue weighted by Crippen LogP contribution is 2.30. The molecule has 2 aromatic carbocycles. The van der Waals surface area contributed by atoms with Gasteiger partial charge in [-0.25, -0.2) is 9.59 Å². The maximum atomic E-state index is 12.7. The molecule has 1 aliphatic heterocycles. The molecule has 2 heterocycles. The lowest BCUT2D eigenvalue weighted by molar-refractivity contribution is 0.142. The van der Waals surface area contributed by atoms with Crippen LogP contribution in [-0.2, 0) is 0 Å². The molecule has 3 aromatic rings. The third-order valence-electron chi connectivity index (χ3n) is 5.34. The maximum Gasteiger partial charge on any atom is 0.415 e. The van der Waals surface area contributed by atoms with Gasteiger partial charge in [0.25, 0.3) is 0 Å². The van der Waals surface area contributed by atoms with Crippen molar-refractivity contribution in [2.75, 3.05) is 20.2 Å². The van der Waals surface area contributed by atoms with Crippen LogP contribution in [0.2, 0.25) is 0 Å². The number of hydrogen-bond donors (Lipinski definition) is 0. The summed E-state index contributed by atoms with van der Waals surface area (Å²) in [6, 6.07) is 12.4. The van der Waals surface area contributed by atoms with E-state index in [-0.39, 0.29) is 6.09 Å².